The Morgan fingerprint density at radius 3 is 2.73 bits per heavy atom. The minimum absolute atomic E-state index is 0.0829. The highest BCUT2D eigenvalue weighted by Crippen LogP contribution is 2.19. The number of aliphatic hydroxyl groups excluding tert-OH is 1. The molecule has 1 aromatic rings. The van der Waals surface area contributed by atoms with Crippen molar-refractivity contribution in [3.8, 4) is 6.07 Å². The number of hydrogen-bond acceptors (Lipinski definition) is 4. The van der Waals surface area contributed by atoms with Gasteiger partial charge in [-0.1, -0.05) is 23.7 Å². The van der Waals surface area contributed by atoms with E-state index in [1.165, 1.54) is 4.90 Å². The molecule has 2 atom stereocenters. The van der Waals surface area contributed by atoms with E-state index < -0.39 is 18.1 Å². The van der Waals surface area contributed by atoms with Crippen LogP contribution in [0, 0.1) is 11.3 Å². The van der Waals surface area contributed by atoms with Crippen molar-refractivity contribution < 1.29 is 14.7 Å². The molecule has 116 valence electrons. The summed E-state index contributed by atoms with van der Waals surface area (Å²) in [7, 11) is 0. The first-order chi connectivity index (χ1) is 10.5. The number of nitrogens with one attached hydrogen (secondary N) is 1. The highest BCUT2D eigenvalue weighted by Gasteiger charge is 2.38. The molecule has 1 aromatic carbocycles. The Kier molecular flexibility index (Phi) is 5.36. The molecule has 1 fully saturated rings. The van der Waals surface area contributed by atoms with Crippen LogP contribution in [-0.2, 0) is 16.1 Å². The summed E-state index contributed by atoms with van der Waals surface area (Å²) in [4.78, 5) is 25.3. The number of benzene rings is 1. The summed E-state index contributed by atoms with van der Waals surface area (Å²) in [6.45, 7) is 0.391. The predicted octanol–water partition coefficient (Wildman–Crippen LogP) is 0.832. The molecule has 0 saturated carbocycles. The second-order valence-corrected chi connectivity index (χ2v) is 5.57. The van der Waals surface area contributed by atoms with E-state index in [2.05, 4.69) is 5.32 Å². The van der Waals surface area contributed by atoms with Crippen molar-refractivity contribution in [1.82, 2.24) is 10.2 Å². The van der Waals surface area contributed by atoms with E-state index >= 15 is 0 Å². The zero-order chi connectivity index (χ0) is 16.1. The second kappa shape index (κ2) is 7.25. The number of β-amino-alcohol motifs (C(OH)–C–C–N with tert-alkyl or cyclic N) is 1. The van der Waals surface area contributed by atoms with Crippen molar-refractivity contribution in [3.05, 3.63) is 34.9 Å². The molecule has 1 aliphatic heterocycles. The van der Waals surface area contributed by atoms with E-state index in [-0.39, 0.29) is 25.3 Å². The van der Waals surface area contributed by atoms with Crippen molar-refractivity contribution in [3.63, 3.8) is 0 Å². The molecule has 1 heterocycles. The predicted molar refractivity (Wildman–Crippen MR) is 79.7 cm³/mol. The third kappa shape index (κ3) is 3.97. The Bertz CT molecular complexity index is 597. The Morgan fingerprint density at radius 2 is 2.09 bits per heavy atom. The van der Waals surface area contributed by atoms with Gasteiger partial charge in [-0.3, -0.25) is 9.59 Å². The first-order valence-electron chi connectivity index (χ1n) is 6.88. The maximum atomic E-state index is 12.2. The number of carbonyl (C=O) groups is 2. The summed E-state index contributed by atoms with van der Waals surface area (Å²) in [5.74, 6) is -0.775. The summed E-state index contributed by atoms with van der Waals surface area (Å²) < 4.78 is 0. The zero-order valence-electron chi connectivity index (χ0n) is 11.8. The van der Waals surface area contributed by atoms with E-state index in [9.17, 15) is 14.7 Å². The average molecular weight is 322 g/mol. The molecule has 0 spiro atoms. The Balaban J connectivity index is 1.96. The van der Waals surface area contributed by atoms with Crippen molar-refractivity contribution in [2.45, 2.75) is 31.5 Å². The lowest BCUT2D eigenvalue weighted by Crippen LogP contribution is -2.45. The monoisotopic (exact) mass is 321 g/mol. The van der Waals surface area contributed by atoms with Crippen molar-refractivity contribution in [2.75, 3.05) is 6.54 Å². The second-order valence-electron chi connectivity index (χ2n) is 5.13. The Labute approximate surface area is 133 Å². The quantitative estimate of drug-likeness (QED) is 0.859. The first-order valence-corrected chi connectivity index (χ1v) is 7.25. The molecule has 1 aliphatic rings. The SMILES string of the molecule is N#CCC(=O)N1CC(O)C[C@H]1C(=O)NCc1ccc(Cl)cc1. The van der Waals surface area contributed by atoms with Crippen LogP contribution < -0.4 is 5.32 Å². The van der Waals surface area contributed by atoms with Crippen LogP contribution in [0.4, 0.5) is 0 Å². The number of carbonyl (C=O) groups excluding carboxylic acids is 2. The van der Waals surface area contributed by atoms with Crippen LogP contribution in [-0.4, -0.2) is 40.5 Å². The Morgan fingerprint density at radius 1 is 1.41 bits per heavy atom. The van der Waals surface area contributed by atoms with Gasteiger partial charge >= 0.3 is 0 Å². The fraction of sp³-hybridized carbons (Fsp3) is 0.400. The minimum atomic E-state index is -0.742. The van der Waals surface area contributed by atoms with Gasteiger partial charge in [0.2, 0.25) is 11.8 Å². The summed E-state index contributed by atoms with van der Waals surface area (Å²) in [5, 5.41) is 21.6. The van der Waals surface area contributed by atoms with E-state index in [0.717, 1.165) is 5.56 Å². The lowest BCUT2D eigenvalue weighted by Gasteiger charge is -2.22. The summed E-state index contributed by atoms with van der Waals surface area (Å²) >= 11 is 5.79. The largest absolute Gasteiger partial charge is 0.391 e. The molecule has 1 unspecified atom stereocenters. The molecule has 0 aliphatic carbocycles. The van der Waals surface area contributed by atoms with Gasteiger partial charge in [0.05, 0.1) is 12.2 Å². The third-order valence-corrected chi connectivity index (χ3v) is 3.76. The van der Waals surface area contributed by atoms with Gasteiger partial charge < -0.3 is 15.3 Å². The molecule has 0 aromatic heterocycles. The van der Waals surface area contributed by atoms with Gasteiger partial charge in [-0.2, -0.15) is 5.26 Å². The lowest BCUT2D eigenvalue weighted by molar-refractivity contribution is -0.137. The van der Waals surface area contributed by atoms with Crippen molar-refractivity contribution in [1.29, 1.82) is 5.26 Å². The number of nitriles is 1. The van der Waals surface area contributed by atoms with Gasteiger partial charge in [0.1, 0.15) is 12.5 Å². The van der Waals surface area contributed by atoms with Crippen LogP contribution in [0.25, 0.3) is 0 Å². The molecule has 1 saturated heterocycles. The van der Waals surface area contributed by atoms with Crippen molar-refractivity contribution >= 4 is 23.4 Å². The average Bonchev–Trinajstić information content (AvgIpc) is 2.89. The summed E-state index contributed by atoms with van der Waals surface area (Å²) in [6.07, 6.45) is -0.856. The molecule has 2 amide bonds. The van der Waals surface area contributed by atoms with Crippen LogP contribution in [0.5, 0.6) is 0 Å². The number of rotatable bonds is 4. The molecular formula is C15H16ClN3O3. The van der Waals surface area contributed by atoms with Gasteiger partial charge in [-0.25, -0.2) is 0 Å². The number of nitrogens with zero attached hydrogens (tertiary/aromatic N) is 2. The smallest absolute Gasteiger partial charge is 0.243 e. The van der Waals surface area contributed by atoms with Crippen LogP contribution in [0.15, 0.2) is 24.3 Å². The molecule has 22 heavy (non-hydrogen) atoms. The van der Waals surface area contributed by atoms with Gasteiger partial charge in [0, 0.05) is 24.5 Å². The van der Waals surface area contributed by atoms with E-state index in [1.54, 1.807) is 30.3 Å². The van der Waals surface area contributed by atoms with E-state index in [0.29, 0.717) is 11.6 Å². The number of aliphatic hydroxyl groups is 1. The van der Waals surface area contributed by atoms with E-state index in [1.807, 2.05) is 0 Å². The molecule has 7 heteroatoms. The molecule has 2 N–H and O–H groups in total. The maximum absolute atomic E-state index is 12.2. The van der Waals surface area contributed by atoms with Crippen LogP contribution in [0.2, 0.25) is 5.02 Å². The number of likely N-dealkylation sites (tertiary alicyclic amines) is 1. The topological polar surface area (TPSA) is 93.4 Å². The van der Waals surface area contributed by atoms with Gasteiger partial charge in [0.15, 0.2) is 0 Å². The van der Waals surface area contributed by atoms with Crippen molar-refractivity contribution in [2.24, 2.45) is 0 Å². The third-order valence-electron chi connectivity index (χ3n) is 3.51. The molecule has 0 bridgehead atoms. The molecular weight excluding hydrogens is 306 g/mol. The number of halogens is 1. The number of amides is 2. The highest BCUT2D eigenvalue weighted by atomic mass is 35.5. The van der Waals surface area contributed by atoms with Crippen LogP contribution >= 0.6 is 11.6 Å². The summed E-state index contributed by atoms with van der Waals surface area (Å²) in [6, 6.07) is 8.08. The van der Waals surface area contributed by atoms with Gasteiger partial charge in [-0.15, -0.1) is 0 Å². The zero-order valence-corrected chi connectivity index (χ0v) is 12.6. The molecule has 0 radical (unpaired) electrons. The highest BCUT2D eigenvalue weighted by molar-refractivity contribution is 6.30. The van der Waals surface area contributed by atoms with E-state index in [4.69, 9.17) is 16.9 Å². The first kappa shape index (κ1) is 16.3. The number of hydrogen-bond donors (Lipinski definition) is 2. The lowest BCUT2D eigenvalue weighted by atomic mass is 10.1. The Hall–Kier alpha value is -2.10. The van der Waals surface area contributed by atoms with Crippen LogP contribution in [0.1, 0.15) is 18.4 Å². The molecule has 6 nitrogen and oxygen atoms in total. The standard InChI is InChI=1S/C15H16ClN3O3/c16-11-3-1-10(2-4-11)8-18-15(22)13-7-12(20)9-19(13)14(21)5-6-17/h1-4,12-13,20H,5,7-9H2,(H,18,22)/t12?,13-/m0/s1. The fourth-order valence-corrected chi connectivity index (χ4v) is 2.54. The minimum Gasteiger partial charge on any atom is -0.391 e. The maximum Gasteiger partial charge on any atom is 0.243 e. The van der Waals surface area contributed by atoms with Crippen LogP contribution in [0.3, 0.4) is 0 Å². The molecule has 2 rings (SSSR count). The summed E-state index contributed by atoms with van der Waals surface area (Å²) in [5.41, 5.74) is 0.881. The normalized spacial score (nSPS) is 20.5. The fourth-order valence-electron chi connectivity index (χ4n) is 2.42. The van der Waals surface area contributed by atoms with Gasteiger partial charge in [0.25, 0.3) is 0 Å². The van der Waals surface area contributed by atoms with Gasteiger partial charge in [-0.05, 0) is 17.7 Å².